The zero-order chi connectivity index (χ0) is 14.3. The predicted octanol–water partition coefficient (Wildman–Crippen LogP) is 2.84. The molecule has 0 spiro atoms. The van der Waals surface area contributed by atoms with Crippen LogP contribution in [-0.4, -0.2) is 24.7 Å². The van der Waals surface area contributed by atoms with E-state index in [2.05, 4.69) is 0 Å². The van der Waals surface area contributed by atoms with Crippen molar-refractivity contribution in [3.8, 4) is 0 Å². The minimum absolute atomic E-state index is 0.302. The minimum Gasteiger partial charge on any atom is -0.478 e. The Hall–Kier alpha value is -1.71. The Bertz CT molecular complexity index is 529. The minimum atomic E-state index is -0.910. The summed E-state index contributed by atoms with van der Waals surface area (Å²) in [6, 6.07) is 5.11. The monoisotopic (exact) mass is 274 g/mol. The van der Waals surface area contributed by atoms with Crippen molar-refractivity contribution in [2.75, 3.05) is 24.2 Å². The Morgan fingerprint density at radius 2 is 2.20 bits per heavy atom. The number of hydrogen-bond acceptors (Lipinski definition) is 3. The van der Waals surface area contributed by atoms with Crippen LogP contribution in [0.15, 0.2) is 18.2 Å². The molecule has 3 unspecified atom stereocenters. The summed E-state index contributed by atoms with van der Waals surface area (Å²) in [6.07, 6.45) is 5.40. The maximum Gasteiger partial charge on any atom is 0.337 e. The molecule has 0 radical (unpaired) electrons. The van der Waals surface area contributed by atoms with Crippen LogP contribution in [-0.2, 0) is 0 Å². The molecule has 2 saturated carbocycles. The number of benzene rings is 1. The predicted molar refractivity (Wildman–Crippen MR) is 80.0 cm³/mol. The number of anilines is 2. The van der Waals surface area contributed by atoms with E-state index >= 15 is 0 Å². The number of carboxylic acids is 1. The summed E-state index contributed by atoms with van der Waals surface area (Å²) < 4.78 is 0. The SMILES string of the molecule is CN(CC1CC2CCC1C2)c1c(N)cccc1C(=O)O. The molecule has 3 rings (SSSR count). The van der Waals surface area contributed by atoms with Crippen molar-refractivity contribution in [2.45, 2.75) is 25.7 Å². The largest absolute Gasteiger partial charge is 0.478 e. The van der Waals surface area contributed by atoms with Crippen molar-refractivity contribution in [1.82, 2.24) is 0 Å². The van der Waals surface area contributed by atoms with Crippen LogP contribution in [0.4, 0.5) is 11.4 Å². The molecule has 4 nitrogen and oxygen atoms in total. The molecule has 3 atom stereocenters. The van der Waals surface area contributed by atoms with Gasteiger partial charge in [-0.3, -0.25) is 0 Å². The number of nitrogen functional groups attached to an aromatic ring is 1. The van der Waals surface area contributed by atoms with Gasteiger partial charge in [-0.2, -0.15) is 0 Å². The van der Waals surface area contributed by atoms with Gasteiger partial charge in [-0.1, -0.05) is 12.5 Å². The van der Waals surface area contributed by atoms with Crippen LogP contribution in [0, 0.1) is 17.8 Å². The molecule has 0 aliphatic heterocycles. The fourth-order valence-electron chi connectivity index (χ4n) is 4.20. The second kappa shape index (κ2) is 5.00. The van der Waals surface area contributed by atoms with E-state index in [0.717, 1.165) is 18.4 Å². The number of rotatable bonds is 4. The van der Waals surface area contributed by atoms with Gasteiger partial charge in [0.15, 0.2) is 0 Å². The molecular weight excluding hydrogens is 252 g/mol. The molecule has 0 aromatic heterocycles. The maximum atomic E-state index is 11.4. The molecule has 2 bridgehead atoms. The summed E-state index contributed by atoms with van der Waals surface area (Å²) in [6.45, 7) is 0.912. The highest BCUT2D eigenvalue weighted by Gasteiger charge is 2.39. The van der Waals surface area contributed by atoms with Crippen LogP contribution < -0.4 is 10.6 Å². The molecule has 1 aromatic carbocycles. The van der Waals surface area contributed by atoms with E-state index in [-0.39, 0.29) is 0 Å². The van der Waals surface area contributed by atoms with Gasteiger partial charge in [0, 0.05) is 13.6 Å². The van der Waals surface area contributed by atoms with E-state index in [9.17, 15) is 9.90 Å². The summed E-state index contributed by atoms with van der Waals surface area (Å²) in [7, 11) is 1.96. The third-order valence-corrected chi connectivity index (χ3v) is 5.07. The summed E-state index contributed by atoms with van der Waals surface area (Å²) in [5.41, 5.74) is 7.53. The first-order chi connectivity index (χ1) is 9.56. The first kappa shape index (κ1) is 13.3. The maximum absolute atomic E-state index is 11.4. The molecular formula is C16H22N2O2. The molecule has 0 heterocycles. The van der Waals surface area contributed by atoms with Gasteiger partial charge < -0.3 is 15.7 Å². The third-order valence-electron chi connectivity index (χ3n) is 5.07. The van der Waals surface area contributed by atoms with E-state index in [0.29, 0.717) is 22.9 Å². The molecule has 0 saturated heterocycles. The fourth-order valence-corrected chi connectivity index (χ4v) is 4.20. The quantitative estimate of drug-likeness (QED) is 0.829. The van der Waals surface area contributed by atoms with Gasteiger partial charge in [-0.05, 0) is 49.1 Å². The summed E-state index contributed by atoms with van der Waals surface area (Å²) in [5, 5.41) is 9.32. The Balaban J connectivity index is 1.80. The summed E-state index contributed by atoms with van der Waals surface area (Å²) >= 11 is 0. The first-order valence-electron chi connectivity index (χ1n) is 7.39. The Morgan fingerprint density at radius 1 is 1.40 bits per heavy atom. The van der Waals surface area contributed by atoms with Crippen molar-refractivity contribution < 1.29 is 9.90 Å². The highest BCUT2D eigenvalue weighted by atomic mass is 16.4. The normalized spacial score (nSPS) is 27.8. The number of fused-ring (bicyclic) bond motifs is 2. The van der Waals surface area contributed by atoms with Crippen LogP contribution in [0.1, 0.15) is 36.0 Å². The van der Waals surface area contributed by atoms with Crippen LogP contribution >= 0.6 is 0 Å². The Labute approximate surface area is 119 Å². The number of carbonyl (C=O) groups is 1. The number of para-hydroxylation sites is 1. The standard InChI is InChI=1S/C16H22N2O2/c1-18(9-12-8-10-5-6-11(12)7-10)15-13(16(19)20)3-2-4-14(15)17/h2-4,10-12H,5-9,17H2,1H3,(H,19,20). The van der Waals surface area contributed by atoms with Gasteiger partial charge in [-0.25, -0.2) is 4.79 Å². The van der Waals surface area contributed by atoms with E-state index in [1.807, 2.05) is 11.9 Å². The molecule has 2 fully saturated rings. The highest BCUT2D eigenvalue weighted by molar-refractivity contribution is 5.97. The second-order valence-corrected chi connectivity index (χ2v) is 6.36. The van der Waals surface area contributed by atoms with Crippen molar-refractivity contribution in [2.24, 2.45) is 17.8 Å². The Kier molecular flexibility index (Phi) is 3.32. The number of hydrogen-bond donors (Lipinski definition) is 2. The van der Waals surface area contributed by atoms with Crippen LogP contribution in [0.25, 0.3) is 0 Å². The van der Waals surface area contributed by atoms with Gasteiger partial charge in [0.05, 0.1) is 16.9 Å². The highest BCUT2D eigenvalue weighted by Crippen LogP contribution is 2.48. The van der Waals surface area contributed by atoms with Crippen molar-refractivity contribution in [3.63, 3.8) is 0 Å². The number of nitrogens with zero attached hydrogens (tertiary/aromatic N) is 1. The molecule has 20 heavy (non-hydrogen) atoms. The van der Waals surface area contributed by atoms with Gasteiger partial charge >= 0.3 is 5.97 Å². The summed E-state index contributed by atoms with van der Waals surface area (Å²) in [5.74, 6) is 1.53. The van der Waals surface area contributed by atoms with Gasteiger partial charge in [0.25, 0.3) is 0 Å². The summed E-state index contributed by atoms with van der Waals surface area (Å²) in [4.78, 5) is 13.4. The lowest BCUT2D eigenvalue weighted by molar-refractivity contribution is 0.0697. The van der Waals surface area contributed by atoms with Gasteiger partial charge in [0.2, 0.25) is 0 Å². The number of nitrogens with two attached hydrogens (primary N) is 1. The molecule has 3 N–H and O–H groups in total. The lowest BCUT2D eigenvalue weighted by Crippen LogP contribution is -2.30. The lowest BCUT2D eigenvalue weighted by atomic mass is 9.88. The zero-order valence-corrected chi connectivity index (χ0v) is 11.9. The zero-order valence-electron chi connectivity index (χ0n) is 11.9. The molecule has 2 aliphatic carbocycles. The fraction of sp³-hybridized carbons (Fsp3) is 0.562. The first-order valence-corrected chi connectivity index (χ1v) is 7.39. The van der Waals surface area contributed by atoms with Crippen molar-refractivity contribution in [1.29, 1.82) is 0 Å². The molecule has 1 aromatic rings. The van der Waals surface area contributed by atoms with Crippen molar-refractivity contribution >= 4 is 17.3 Å². The molecule has 4 heteroatoms. The molecule has 108 valence electrons. The van der Waals surface area contributed by atoms with Crippen LogP contribution in [0.3, 0.4) is 0 Å². The second-order valence-electron chi connectivity index (χ2n) is 6.36. The van der Waals surface area contributed by atoms with Crippen LogP contribution in [0.5, 0.6) is 0 Å². The number of aromatic carboxylic acids is 1. The van der Waals surface area contributed by atoms with Crippen LogP contribution in [0.2, 0.25) is 0 Å². The Morgan fingerprint density at radius 3 is 2.80 bits per heavy atom. The topological polar surface area (TPSA) is 66.6 Å². The average molecular weight is 274 g/mol. The lowest BCUT2D eigenvalue weighted by Gasteiger charge is -2.30. The third kappa shape index (κ3) is 2.23. The van der Waals surface area contributed by atoms with E-state index in [1.54, 1.807) is 18.2 Å². The molecule has 0 amide bonds. The van der Waals surface area contributed by atoms with E-state index in [4.69, 9.17) is 5.73 Å². The number of carboxylic acid groups (broad SMARTS) is 1. The van der Waals surface area contributed by atoms with E-state index in [1.165, 1.54) is 25.7 Å². The molecule has 2 aliphatic rings. The van der Waals surface area contributed by atoms with Gasteiger partial charge in [0.1, 0.15) is 0 Å². The van der Waals surface area contributed by atoms with Crippen molar-refractivity contribution in [3.05, 3.63) is 23.8 Å². The average Bonchev–Trinajstić information content (AvgIpc) is 3.00. The van der Waals surface area contributed by atoms with Gasteiger partial charge in [-0.15, -0.1) is 0 Å². The van der Waals surface area contributed by atoms with E-state index < -0.39 is 5.97 Å². The smallest absolute Gasteiger partial charge is 0.337 e.